The molecule has 94 valence electrons. The molecule has 0 aliphatic rings. The Hall–Kier alpha value is -2.28. The Morgan fingerprint density at radius 2 is 2.18 bits per heavy atom. The molecule has 0 aromatic carbocycles. The molecule has 2 N–H and O–H groups in total. The number of carbonyl (C=O) groups is 2. The maximum Gasteiger partial charge on any atom is 0.490 e. The lowest BCUT2D eigenvalue weighted by Gasteiger charge is -2.06. The number of Topliss-reactive ketones (excluding diaryl/α,β-unsaturated/α-hetero) is 1. The minimum absolute atomic E-state index is 0.143. The summed E-state index contributed by atoms with van der Waals surface area (Å²) < 4.78 is 0. The SMILES string of the molecule is CC(CCCC(=O)C(=[N+]=N)C(=O)O)O[N+](=O)[O-]. The van der Waals surface area contributed by atoms with E-state index in [0.717, 1.165) is 0 Å². The number of ketones is 1. The third-order valence-corrected chi connectivity index (χ3v) is 1.86. The van der Waals surface area contributed by atoms with E-state index >= 15 is 0 Å². The largest absolute Gasteiger partial charge is 0.490 e. The number of nitrogens with zero attached hydrogens (tertiary/aromatic N) is 2. The fourth-order valence-corrected chi connectivity index (χ4v) is 1.10. The normalized spacial score (nSPS) is 11.1. The first-order valence-electron chi connectivity index (χ1n) is 4.70. The van der Waals surface area contributed by atoms with Gasteiger partial charge < -0.3 is 9.94 Å². The molecule has 0 spiro atoms. The molecule has 1 atom stereocenters. The van der Waals surface area contributed by atoms with Crippen molar-refractivity contribution < 1.29 is 29.4 Å². The molecule has 9 nitrogen and oxygen atoms in total. The lowest BCUT2D eigenvalue weighted by Crippen LogP contribution is -2.25. The third-order valence-electron chi connectivity index (χ3n) is 1.86. The van der Waals surface area contributed by atoms with Crippen LogP contribution in [0, 0.1) is 15.6 Å². The highest BCUT2D eigenvalue weighted by atomic mass is 17.0. The summed E-state index contributed by atoms with van der Waals surface area (Å²) in [5.41, 5.74) is 5.67. The van der Waals surface area contributed by atoms with Crippen molar-refractivity contribution in [2.45, 2.75) is 32.3 Å². The van der Waals surface area contributed by atoms with Crippen molar-refractivity contribution in [1.82, 2.24) is 0 Å². The average molecular weight is 246 g/mol. The van der Waals surface area contributed by atoms with Crippen molar-refractivity contribution in [2.24, 2.45) is 0 Å². The van der Waals surface area contributed by atoms with Crippen molar-refractivity contribution in [3.05, 3.63) is 10.1 Å². The van der Waals surface area contributed by atoms with E-state index in [1.807, 2.05) is 0 Å². The van der Waals surface area contributed by atoms with E-state index in [9.17, 15) is 19.7 Å². The molecule has 0 aliphatic heterocycles. The smallest absolute Gasteiger partial charge is 0.472 e. The molecule has 0 fully saturated rings. The molecule has 0 bridgehead atoms. The summed E-state index contributed by atoms with van der Waals surface area (Å²) in [5, 5.41) is 17.5. The number of rotatable bonds is 8. The highest BCUT2D eigenvalue weighted by molar-refractivity contribution is 6.61. The average Bonchev–Trinajstić information content (AvgIpc) is 2.16. The first kappa shape index (κ1) is 14.7. The van der Waals surface area contributed by atoms with E-state index in [1.165, 1.54) is 6.92 Å². The van der Waals surface area contributed by atoms with Gasteiger partial charge in [0.1, 0.15) is 6.10 Å². The van der Waals surface area contributed by atoms with Crippen LogP contribution in [0.3, 0.4) is 0 Å². The molecule has 0 saturated heterocycles. The van der Waals surface area contributed by atoms with Crippen LogP contribution in [-0.2, 0) is 14.4 Å². The Morgan fingerprint density at radius 3 is 2.59 bits per heavy atom. The van der Waals surface area contributed by atoms with Crippen molar-refractivity contribution >= 4 is 17.5 Å². The van der Waals surface area contributed by atoms with Crippen LogP contribution in [0.1, 0.15) is 26.2 Å². The van der Waals surface area contributed by atoms with Crippen molar-refractivity contribution in [1.29, 1.82) is 5.53 Å². The van der Waals surface area contributed by atoms with Crippen molar-refractivity contribution in [3.63, 3.8) is 0 Å². The summed E-state index contributed by atoms with van der Waals surface area (Å²) >= 11 is 0. The highest BCUT2D eigenvalue weighted by Crippen LogP contribution is 2.05. The number of aliphatic carboxylic acids is 1. The summed E-state index contributed by atoms with van der Waals surface area (Å²) in [4.78, 5) is 38.4. The van der Waals surface area contributed by atoms with Gasteiger partial charge >= 0.3 is 11.7 Å². The van der Waals surface area contributed by atoms with Crippen LogP contribution in [-0.4, -0.2) is 38.6 Å². The van der Waals surface area contributed by atoms with Gasteiger partial charge in [-0.1, -0.05) is 0 Å². The Balaban J connectivity index is 4.06. The quantitative estimate of drug-likeness (QED) is 0.155. The van der Waals surface area contributed by atoms with Crippen molar-refractivity contribution in [2.75, 3.05) is 0 Å². The summed E-state index contributed by atoms with van der Waals surface area (Å²) in [6.07, 6.45) is -0.355. The van der Waals surface area contributed by atoms with Gasteiger partial charge in [-0.15, -0.1) is 10.1 Å². The number of carboxylic acids is 1. The topological polar surface area (TPSA) is 145 Å². The predicted octanol–water partition coefficient (Wildman–Crippen LogP) is 0.0874. The molecule has 1 unspecified atom stereocenters. The van der Waals surface area contributed by atoms with E-state index in [2.05, 4.69) is 9.63 Å². The number of hydrogen-bond donors (Lipinski definition) is 2. The second kappa shape index (κ2) is 7.07. The molecule has 9 heteroatoms. The number of nitrogens with one attached hydrogen (secondary N) is 1. The van der Waals surface area contributed by atoms with E-state index in [4.69, 9.17) is 10.6 Å². The zero-order chi connectivity index (χ0) is 13.4. The van der Waals surface area contributed by atoms with Crippen LogP contribution >= 0.6 is 0 Å². The summed E-state index contributed by atoms with van der Waals surface area (Å²) in [5.74, 6) is -2.33. The summed E-state index contributed by atoms with van der Waals surface area (Å²) in [6.45, 7) is 1.46. The number of carboxylic acid groups (broad SMARTS) is 1. The van der Waals surface area contributed by atoms with E-state index < -0.39 is 28.7 Å². The Kier molecular flexibility index (Phi) is 6.12. The van der Waals surface area contributed by atoms with Gasteiger partial charge in [-0.25, -0.2) is 4.79 Å². The summed E-state index contributed by atoms with van der Waals surface area (Å²) in [6, 6.07) is 0. The number of hydrogen-bond acceptors (Lipinski definition) is 6. The molecule has 0 aromatic heterocycles. The molecule has 0 aliphatic carbocycles. The van der Waals surface area contributed by atoms with Crippen LogP contribution in [0.2, 0.25) is 0 Å². The minimum Gasteiger partial charge on any atom is -0.472 e. The molecular formula is C8H12N3O6+. The lowest BCUT2D eigenvalue weighted by molar-refractivity contribution is -0.767. The molecule has 0 heterocycles. The van der Waals surface area contributed by atoms with Gasteiger partial charge in [-0.2, -0.15) is 0 Å². The maximum atomic E-state index is 11.2. The highest BCUT2D eigenvalue weighted by Gasteiger charge is 2.30. The monoisotopic (exact) mass is 246 g/mol. The predicted molar refractivity (Wildman–Crippen MR) is 52.0 cm³/mol. The van der Waals surface area contributed by atoms with Crippen molar-refractivity contribution in [3.8, 4) is 0 Å². The zero-order valence-electron chi connectivity index (χ0n) is 9.08. The first-order valence-corrected chi connectivity index (χ1v) is 4.70. The fourth-order valence-electron chi connectivity index (χ4n) is 1.10. The molecule has 0 radical (unpaired) electrons. The third kappa shape index (κ3) is 6.00. The Labute approximate surface area is 95.7 Å². The van der Waals surface area contributed by atoms with Gasteiger partial charge in [0.25, 0.3) is 10.9 Å². The molecule has 17 heavy (non-hydrogen) atoms. The Morgan fingerprint density at radius 1 is 1.59 bits per heavy atom. The van der Waals surface area contributed by atoms with Gasteiger partial charge in [0.2, 0.25) is 0 Å². The molecule has 0 saturated carbocycles. The zero-order valence-corrected chi connectivity index (χ0v) is 9.08. The van der Waals surface area contributed by atoms with E-state index in [1.54, 1.807) is 0 Å². The molecular weight excluding hydrogens is 234 g/mol. The first-order chi connectivity index (χ1) is 7.88. The fraction of sp³-hybridized carbons (Fsp3) is 0.625. The minimum atomic E-state index is -1.56. The van der Waals surface area contributed by atoms with E-state index in [0.29, 0.717) is 0 Å². The summed E-state index contributed by atoms with van der Waals surface area (Å²) in [7, 11) is 0. The second-order valence-electron chi connectivity index (χ2n) is 3.22. The van der Waals surface area contributed by atoms with Gasteiger partial charge in [-0.05, 0) is 19.8 Å². The van der Waals surface area contributed by atoms with Gasteiger partial charge in [0.05, 0.1) is 10.3 Å². The maximum absolute atomic E-state index is 11.2. The van der Waals surface area contributed by atoms with Gasteiger partial charge in [0.15, 0.2) is 0 Å². The molecule has 0 rings (SSSR count). The second-order valence-corrected chi connectivity index (χ2v) is 3.22. The lowest BCUT2D eigenvalue weighted by atomic mass is 10.1. The Bertz CT molecular complexity index is 373. The van der Waals surface area contributed by atoms with Gasteiger partial charge in [-0.3, -0.25) is 4.79 Å². The van der Waals surface area contributed by atoms with Crippen LogP contribution in [0.15, 0.2) is 0 Å². The van der Waals surface area contributed by atoms with Crippen LogP contribution in [0.4, 0.5) is 0 Å². The van der Waals surface area contributed by atoms with Crippen LogP contribution < -0.4 is 0 Å². The molecule has 0 amide bonds. The standard InChI is InChI=1S/C8H11N3O6/c1-5(17-11(15)16)3-2-4-6(12)7(10-9)8(13)14/h5,9H,2-4H2,1H3/p+1. The van der Waals surface area contributed by atoms with Gasteiger partial charge in [0, 0.05) is 6.42 Å². The van der Waals surface area contributed by atoms with E-state index in [-0.39, 0.29) is 19.3 Å². The van der Waals surface area contributed by atoms with Crippen LogP contribution in [0.25, 0.3) is 0 Å². The van der Waals surface area contributed by atoms with Crippen LogP contribution in [0.5, 0.6) is 0 Å². The number of carbonyl (C=O) groups excluding carboxylic acids is 1. The molecule has 0 aromatic rings.